The van der Waals surface area contributed by atoms with Crippen LogP contribution < -0.4 is 5.32 Å². The lowest BCUT2D eigenvalue weighted by molar-refractivity contribution is 0.0642. The highest BCUT2D eigenvalue weighted by Gasteiger charge is 2.16. The van der Waals surface area contributed by atoms with E-state index >= 15 is 0 Å². The number of benzene rings is 1. The molecule has 2 rings (SSSR count). The minimum atomic E-state index is -0.371. The molecule has 17 heavy (non-hydrogen) atoms. The predicted molar refractivity (Wildman–Crippen MR) is 63.6 cm³/mol. The molecule has 0 radical (unpaired) electrons. The van der Waals surface area contributed by atoms with E-state index in [0.717, 1.165) is 25.0 Å². The summed E-state index contributed by atoms with van der Waals surface area (Å²) in [6.45, 7) is 1.68. The van der Waals surface area contributed by atoms with Gasteiger partial charge in [0.1, 0.15) is 6.61 Å². The summed E-state index contributed by atoms with van der Waals surface area (Å²) in [5.41, 5.74) is 0.988. The average Bonchev–Trinajstić information content (AvgIpc) is 2.39. The van der Waals surface area contributed by atoms with E-state index in [9.17, 15) is 4.79 Å². The zero-order chi connectivity index (χ0) is 11.9. The molecule has 4 nitrogen and oxygen atoms in total. The molecular weight excluding hydrogens is 218 g/mol. The van der Waals surface area contributed by atoms with Crippen LogP contribution in [-0.2, 0) is 16.1 Å². The first-order valence-corrected chi connectivity index (χ1v) is 5.89. The normalized spacial score (nSPS) is 19.6. The number of alkyl carbamates (subject to hydrolysis) is 1. The van der Waals surface area contributed by atoms with Crippen molar-refractivity contribution in [1.82, 2.24) is 5.32 Å². The summed E-state index contributed by atoms with van der Waals surface area (Å²) in [5, 5.41) is 2.80. The zero-order valence-electron chi connectivity index (χ0n) is 9.72. The summed E-state index contributed by atoms with van der Waals surface area (Å²) in [6, 6.07) is 9.72. The molecule has 4 heteroatoms. The molecule has 1 aromatic rings. The highest BCUT2D eigenvalue weighted by Crippen LogP contribution is 2.06. The first kappa shape index (κ1) is 11.9. The Balaban J connectivity index is 1.70. The minimum Gasteiger partial charge on any atom is -0.445 e. The Labute approximate surface area is 101 Å². The predicted octanol–water partition coefficient (Wildman–Crippen LogP) is 2.09. The maximum atomic E-state index is 11.5. The van der Waals surface area contributed by atoms with Crippen molar-refractivity contribution >= 4 is 6.09 Å². The fourth-order valence-corrected chi connectivity index (χ4v) is 1.79. The molecule has 0 bridgehead atoms. The van der Waals surface area contributed by atoms with Crippen molar-refractivity contribution in [3.8, 4) is 0 Å². The van der Waals surface area contributed by atoms with E-state index in [1.54, 1.807) is 0 Å². The van der Waals surface area contributed by atoms with Crippen LogP contribution in [0.5, 0.6) is 0 Å². The second-order valence-corrected chi connectivity index (χ2v) is 4.12. The van der Waals surface area contributed by atoms with Crippen molar-refractivity contribution in [1.29, 1.82) is 0 Å². The van der Waals surface area contributed by atoms with E-state index in [1.165, 1.54) is 0 Å². The Morgan fingerprint density at radius 3 is 2.94 bits per heavy atom. The van der Waals surface area contributed by atoms with Gasteiger partial charge >= 0.3 is 6.09 Å². The average molecular weight is 235 g/mol. The maximum absolute atomic E-state index is 11.5. The third-order valence-corrected chi connectivity index (χ3v) is 2.70. The molecular formula is C13H17NO3. The van der Waals surface area contributed by atoms with Gasteiger partial charge in [0.25, 0.3) is 0 Å². The van der Waals surface area contributed by atoms with Gasteiger partial charge < -0.3 is 14.8 Å². The second-order valence-electron chi connectivity index (χ2n) is 4.12. The van der Waals surface area contributed by atoms with Crippen molar-refractivity contribution in [3.05, 3.63) is 35.9 Å². The highest BCUT2D eigenvalue weighted by atomic mass is 16.5. The molecule has 1 atom stereocenters. The zero-order valence-corrected chi connectivity index (χ0v) is 9.72. The smallest absolute Gasteiger partial charge is 0.407 e. The molecule has 1 aliphatic rings. The Hall–Kier alpha value is -1.55. The van der Waals surface area contributed by atoms with Crippen LogP contribution in [0.25, 0.3) is 0 Å². The van der Waals surface area contributed by atoms with Crippen molar-refractivity contribution in [2.24, 2.45) is 0 Å². The molecule has 0 spiro atoms. The lowest BCUT2D eigenvalue weighted by atomic mass is 10.1. The van der Waals surface area contributed by atoms with Crippen LogP contribution in [0.2, 0.25) is 0 Å². The summed E-state index contributed by atoms with van der Waals surface area (Å²) in [6.07, 6.45) is 1.58. The van der Waals surface area contributed by atoms with Crippen LogP contribution in [-0.4, -0.2) is 25.3 Å². The third kappa shape index (κ3) is 4.07. The number of hydrogen-bond acceptors (Lipinski definition) is 3. The van der Waals surface area contributed by atoms with Crippen LogP contribution >= 0.6 is 0 Å². The van der Waals surface area contributed by atoms with Crippen LogP contribution in [0.15, 0.2) is 30.3 Å². The van der Waals surface area contributed by atoms with Gasteiger partial charge in [0.05, 0.1) is 12.6 Å². The van der Waals surface area contributed by atoms with Crippen LogP contribution in [0.4, 0.5) is 4.79 Å². The quantitative estimate of drug-likeness (QED) is 0.872. The van der Waals surface area contributed by atoms with Gasteiger partial charge in [0, 0.05) is 6.61 Å². The van der Waals surface area contributed by atoms with Crippen LogP contribution in [0.3, 0.4) is 0 Å². The van der Waals surface area contributed by atoms with E-state index in [1.807, 2.05) is 30.3 Å². The lowest BCUT2D eigenvalue weighted by Crippen LogP contribution is -2.40. The van der Waals surface area contributed by atoms with Crippen LogP contribution in [0.1, 0.15) is 18.4 Å². The fraction of sp³-hybridized carbons (Fsp3) is 0.462. The Morgan fingerprint density at radius 2 is 2.24 bits per heavy atom. The SMILES string of the molecule is O=C(N[C@H]1CCCOC1)OCc1ccccc1. The molecule has 1 amide bonds. The summed E-state index contributed by atoms with van der Waals surface area (Å²) >= 11 is 0. The Morgan fingerprint density at radius 1 is 1.41 bits per heavy atom. The topological polar surface area (TPSA) is 47.6 Å². The van der Waals surface area contributed by atoms with Gasteiger partial charge in [0.15, 0.2) is 0 Å². The van der Waals surface area contributed by atoms with Gasteiger partial charge in [0.2, 0.25) is 0 Å². The van der Waals surface area contributed by atoms with Gasteiger partial charge in [-0.15, -0.1) is 0 Å². The van der Waals surface area contributed by atoms with Gasteiger partial charge in [-0.25, -0.2) is 4.79 Å². The summed E-state index contributed by atoms with van der Waals surface area (Å²) < 4.78 is 10.4. The van der Waals surface area contributed by atoms with E-state index in [0.29, 0.717) is 13.2 Å². The number of rotatable bonds is 3. The molecule has 1 saturated heterocycles. The molecule has 1 N–H and O–H groups in total. The lowest BCUT2D eigenvalue weighted by Gasteiger charge is -2.22. The molecule has 0 aromatic heterocycles. The molecule has 0 unspecified atom stereocenters. The fourth-order valence-electron chi connectivity index (χ4n) is 1.79. The van der Waals surface area contributed by atoms with Gasteiger partial charge in [-0.3, -0.25) is 0 Å². The number of hydrogen-bond donors (Lipinski definition) is 1. The van der Waals surface area contributed by atoms with Gasteiger partial charge in [-0.2, -0.15) is 0 Å². The third-order valence-electron chi connectivity index (χ3n) is 2.70. The van der Waals surface area contributed by atoms with Gasteiger partial charge in [-0.1, -0.05) is 30.3 Å². The molecule has 1 fully saturated rings. The number of nitrogens with one attached hydrogen (secondary N) is 1. The second kappa shape index (κ2) is 6.25. The summed E-state index contributed by atoms with van der Waals surface area (Å²) in [7, 11) is 0. The monoisotopic (exact) mass is 235 g/mol. The van der Waals surface area contributed by atoms with Crippen molar-refractivity contribution in [2.45, 2.75) is 25.5 Å². The minimum absolute atomic E-state index is 0.0898. The Kier molecular flexibility index (Phi) is 4.38. The van der Waals surface area contributed by atoms with E-state index in [4.69, 9.17) is 9.47 Å². The molecule has 1 aromatic carbocycles. The molecule has 0 saturated carbocycles. The first-order chi connectivity index (χ1) is 8.34. The van der Waals surface area contributed by atoms with Crippen molar-refractivity contribution in [3.63, 3.8) is 0 Å². The largest absolute Gasteiger partial charge is 0.445 e. The standard InChI is InChI=1S/C13H17NO3/c15-13(14-12-7-4-8-16-10-12)17-9-11-5-2-1-3-6-11/h1-3,5-6,12H,4,7-10H2,(H,14,15)/t12-/m0/s1. The maximum Gasteiger partial charge on any atom is 0.407 e. The number of amides is 1. The van der Waals surface area contributed by atoms with Crippen LogP contribution in [0, 0.1) is 0 Å². The highest BCUT2D eigenvalue weighted by molar-refractivity contribution is 5.67. The van der Waals surface area contributed by atoms with E-state index in [-0.39, 0.29) is 12.1 Å². The molecule has 0 aliphatic carbocycles. The summed E-state index contributed by atoms with van der Waals surface area (Å²) in [4.78, 5) is 11.5. The molecule has 92 valence electrons. The number of ether oxygens (including phenoxy) is 2. The van der Waals surface area contributed by atoms with Crippen molar-refractivity contribution in [2.75, 3.05) is 13.2 Å². The number of carbonyl (C=O) groups is 1. The van der Waals surface area contributed by atoms with Crippen molar-refractivity contribution < 1.29 is 14.3 Å². The Bertz CT molecular complexity index is 347. The molecule has 1 aliphatic heterocycles. The van der Waals surface area contributed by atoms with E-state index < -0.39 is 0 Å². The van der Waals surface area contributed by atoms with Gasteiger partial charge in [-0.05, 0) is 18.4 Å². The van der Waals surface area contributed by atoms with E-state index in [2.05, 4.69) is 5.32 Å². The first-order valence-electron chi connectivity index (χ1n) is 5.89. The summed E-state index contributed by atoms with van der Waals surface area (Å²) in [5.74, 6) is 0. The molecule has 1 heterocycles. The number of carbonyl (C=O) groups excluding carboxylic acids is 1.